The molecule has 1 aromatic carbocycles. The van der Waals surface area contributed by atoms with Gasteiger partial charge in [0.15, 0.2) is 17.4 Å². The Balaban J connectivity index is 1.45. The molecule has 182 valence electrons. The molecule has 2 fully saturated rings. The molecule has 3 aliphatic heterocycles. The first kappa shape index (κ1) is 22.6. The van der Waals surface area contributed by atoms with E-state index in [9.17, 15) is 18.7 Å². The van der Waals surface area contributed by atoms with Crippen molar-refractivity contribution >= 4 is 17.5 Å². The van der Waals surface area contributed by atoms with Gasteiger partial charge < -0.3 is 30.4 Å². The fourth-order valence-corrected chi connectivity index (χ4v) is 5.15. The molecular weight excluding hydrogens is 444 g/mol. The molecule has 1 unspecified atom stereocenters. The number of hydrogen-bond donors (Lipinski definition) is 3. The lowest BCUT2D eigenvalue weighted by Crippen LogP contribution is -2.71. The Morgan fingerprint density at radius 2 is 2.03 bits per heavy atom. The number of aromatic hydroxyl groups is 1. The van der Waals surface area contributed by atoms with Crippen LogP contribution in [0.4, 0.5) is 25.1 Å². The Morgan fingerprint density at radius 1 is 1.21 bits per heavy atom. The van der Waals surface area contributed by atoms with Gasteiger partial charge in [-0.3, -0.25) is 0 Å². The summed E-state index contributed by atoms with van der Waals surface area (Å²) in [6.45, 7) is 6.76. The van der Waals surface area contributed by atoms with Crippen LogP contribution in [0.5, 0.6) is 5.75 Å². The van der Waals surface area contributed by atoms with Crippen molar-refractivity contribution in [2.24, 2.45) is 0 Å². The van der Waals surface area contributed by atoms with Crippen LogP contribution >= 0.6 is 0 Å². The third-order valence-corrected chi connectivity index (χ3v) is 7.11. The maximum atomic E-state index is 14.7. The van der Waals surface area contributed by atoms with Gasteiger partial charge in [0.1, 0.15) is 12.2 Å². The van der Waals surface area contributed by atoms with Gasteiger partial charge in [0.25, 0.3) is 0 Å². The highest BCUT2D eigenvalue weighted by Gasteiger charge is 2.48. The third kappa shape index (κ3) is 3.58. The summed E-state index contributed by atoms with van der Waals surface area (Å²) < 4.78 is 28.6. The van der Waals surface area contributed by atoms with Crippen molar-refractivity contribution in [2.45, 2.75) is 24.9 Å². The number of anilines is 2. The number of phenolic OH excluding ortho intramolecular Hbond substituents is 1. The Labute approximate surface area is 196 Å². The zero-order valence-electron chi connectivity index (χ0n) is 19.3. The number of aromatic nitrogens is 2. The van der Waals surface area contributed by atoms with Crippen molar-refractivity contribution in [2.75, 3.05) is 62.7 Å². The van der Waals surface area contributed by atoms with Crippen molar-refractivity contribution in [1.82, 2.24) is 25.3 Å². The molecule has 0 bridgehead atoms. The lowest BCUT2D eigenvalue weighted by atomic mass is 9.91. The monoisotopic (exact) mass is 473 g/mol. The molecule has 0 spiro atoms. The molecule has 4 heterocycles. The van der Waals surface area contributed by atoms with E-state index in [1.807, 2.05) is 23.6 Å². The summed E-state index contributed by atoms with van der Waals surface area (Å²) in [6, 6.07) is 5.81. The van der Waals surface area contributed by atoms with Crippen molar-refractivity contribution in [3.8, 4) is 17.0 Å². The molecule has 2 saturated heterocycles. The van der Waals surface area contributed by atoms with Crippen LogP contribution in [0.2, 0.25) is 0 Å². The van der Waals surface area contributed by atoms with E-state index in [0.29, 0.717) is 37.7 Å². The first-order valence-corrected chi connectivity index (χ1v) is 11.5. The molecular formula is C23H29F2N7O2. The molecule has 1 atom stereocenters. The van der Waals surface area contributed by atoms with E-state index in [-0.39, 0.29) is 35.9 Å². The van der Waals surface area contributed by atoms with E-state index in [2.05, 4.69) is 20.8 Å². The predicted octanol–water partition coefficient (Wildman–Crippen LogP) is 2.05. The van der Waals surface area contributed by atoms with Crippen molar-refractivity contribution in [3.05, 3.63) is 30.1 Å². The first-order chi connectivity index (χ1) is 16.3. The summed E-state index contributed by atoms with van der Waals surface area (Å²) in [6.07, 6.45) is 0. The van der Waals surface area contributed by atoms with E-state index >= 15 is 0 Å². The number of nitrogens with zero attached hydrogens (tertiary/aromatic N) is 5. The zero-order valence-corrected chi connectivity index (χ0v) is 19.3. The highest BCUT2D eigenvalue weighted by atomic mass is 19.1. The highest BCUT2D eigenvalue weighted by molar-refractivity contribution is 5.79. The average Bonchev–Trinajstić information content (AvgIpc) is 2.84. The first-order valence-electron chi connectivity index (χ1n) is 11.5. The zero-order chi connectivity index (χ0) is 24.1. The maximum absolute atomic E-state index is 14.7. The number of piperazine rings is 2. The standard InChI is InChI=1S/C23H29F2N7O2/c1-22(2)12-26-6-7-32(22)21(34)30-8-9-31-18-10-17(15-4-3-5-16(25)19(15)33)28-29-20(18)27-13-23(31,11-24)14-30/h3-5,10,26,33H,6-9,11-14H2,1-2H3,(H,27,29). The summed E-state index contributed by atoms with van der Waals surface area (Å²) in [4.78, 5) is 19.0. The number of urea groups is 1. The number of carbonyl (C=O) groups excluding carboxylic acids is 1. The number of rotatable bonds is 2. The van der Waals surface area contributed by atoms with Crippen LogP contribution in [0.1, 0.15) is 13.8 Å². The summed E-state index contributed by atoms with van der Waals surface area (Å²) in [7, 11) is 0. The largest absolute Gasteiger partial charge is 0.504 e. The topological polar surface area (TPSA) is 96.9 Å². The van der Waals surface area contributed by atoms with Crippen LogP contribution in [0.15, 0.2) is 24.3 Å². The number of halogens is 2. The number of hydrogen-bond acceptors (Lipinski definition) is 7. The molecule has 2 aromatic rings. The van der Waals surface area contributed by atoms with Crippen LogP contribution in [-0.2, 0) is 0 Å². The normalized spacial score (nSPS) is 23.7. The fraction of sp³-hybridized carbons (Fsp3) is 0.522. The van der Waals surface area contributed by atoms with Gasteiger partial charge in [-0.05, 0) is 32.0 Å². The molecule has 11 heteroatoms. The summed E-state index contributed by atoms with van der Waals surface area (Å²) in [5.74, 6) is -0.769. The highest BCUT2D eigenvalue weighted by Crippen LogP contribution is 2.40. The minimum Gasteiger partial charge on any atom is -0.504 e. The minimum absolute atomic E-state index is 0.0806. The summed E-state index contributed by atoms with van der Waals surface area (Å²) in [5.41, 5.74) is -0.185. The smallest absolute Gasteiger partial charge is 0.320 e. The molecule has 34 heavy (non-hydrogen) atoms. The van der Waals surface area contributed by atoms with Crippen LogP contribution in [0.25, 0.3) is 11.3 Å². The van der Waals surface area contributed by atoms with Crippen LogP contribution in [0.3, 0.4) is 0 Å². The van der Waals surface area contributed by atoms with Crippen molar-refractivity contribution < 1.29 is 18.7 Å². The van der Waals surface area contributed by atoms with Gasteiger partial charge in [-0.1, -0.05) is 6.07 Å². The second-order valence-corrected chi connectivity index (χ2v) is 9.81. The minimum atomic E-state index is -0.969. The number of phenols is 1. The van der Waals surface area contributed by atoms with Gasteiger partial charge >= 0.3 is 6.03 Å². The van der Waals surface area contributed by atoms with Crippen molar-refractivity contribution in [3.63, 3.8) is 0 Å². The number of amides is 2. The second-order valence-electron chi connectivity index (χ2n) is 9.81. The van der Waals surface area contributed by atoms with Crippen LogP contribution < -0.4 is 15.5 Å². The van der Waals surface area contributed by atoms with E-state index in [0.717, 1.165) is 12.6 Å². The van der Waals surface area contributed by atoms with Crippen molar-refractivity contribution in [1.29, 1.82) is 0 Å². The Bertz CT molecular complexity index is 1110. The molecule has 3 aliphatic rings. The number of nitrogens with one attached hydrogen (secondary N) is 2. The van der Waals surface area contributed by atoms with E-state index in [4.69, 9.17) is 0 Å². The molecule has 1 aromatic heterocycles. The number of carbonyl (C=O) groups is 1. The Morgan fingerprint density at radius 3 is 2.79 bits per heavy atom. The molecule has 9 nitrogen and oxygen atoms in total. The van der Waals surface area contributed by atoms with Gasteiger partial charge in [0.2, 0.25) is 0 Å². The molecule has 2 amide bonds. The molecule has 5 rings (SSSR count). The van der Waals surface area contributed by atoms with Gasteiger partial charge in [-0.2, -0.15) is 0 Å². The molecule has 0 radical (unpaired) electrons. The number of para-hydroxylation sites is 1. The number of benzene rings is 1. The lowest BCUT2D eigenvalue weighted by Gasteiger charge is -2.54. The van der Waals surface area contributed by atoms with Crippen LogP contribution in [0, 0.1) is 5.82 Å². The van der Waals surface area contributed by atoms with Gasteiger partial charge in [0, 0.05) is 51.4 Å². The van der Waals surface area contributed by atoms with E-state index in [1.165, 1.54) is 6.07 Å². The average molecular weight is 474 g/mol. The quantitative estimate of drug-likeness (QED) is 0.614. The van der Waals surface area contributed by atoms with Gasteiger partial charge in [0.05, 0.1) is 16.9 Å². The van der Waals surface area contributed by atoms with Gasteiger partial charge in [-0.25, -0.2) is 13.6 Å². The maximum Gasteiger partial charge on any atom is 0.320 e. The number of fused-ring (bicyclic) bond motifs is 3. The number of alkyl halides is 1. The Kier molecular flexibility index (Phi) is 5.46. The summed E-state index contributed by atoms with van der Waals surface area (Å²) >= 11 is 0. The third-order valence-electron chi connectivity index (χ3n) is 7.11. The molecule has 0 aliphatic carbocycles. The Hall–Kier alpha value is -3.21. The second kappa shape index (κ2) is 8.23. The predicted molar refractivity (Wildman–Crippen MR) is 124 cm³/mol. The van der Waals surface area contributed by atoms with E-state index < -0.39 is 23.8 Å². The van der Waals surface area contributed by atoms with E-state index in [1.54, 1.807) is 17.0 Å². The lowest BCUT2D eigenvalue weighted by molar-refractivity contribution is 0.0691. The summed E-state index contributed by atoms with van der Waals surface area (Å²) in [5, 5.41) is 25.0. The molecule has 0 saturated carbocycles. The van der Waals surface area contributed by atoms with Crippen LogP contribution in [-0.4, -0.2) is 94.7 Å². The molecule has 3 N–H and O–H groups in total. The SMILES string of the molecule is CC1(C)CNCCN1C(=O)N1CCN2c3cc(-c4cccc(F)c4O)nnc3NCC2(CF)C1. The van der Waals surface area contributed by atoms with Gasteiger partial charge in [-0.15, -0.1) is 10.2 Å². The fourth-order valence-electron chi connectivity index (χ4n) is 5.15.